The number of cyclic esters (lactones) is 1. The molecule has 11 nitrogen and oxygen atoms in total. The molecule has 1 spiro atoms. The van der Waals surface area contributed by atoms with Crippen LogP contribution in [0.4, 0.5) is 5.69 Å². The second kappa shape index (κ2) is 14.5. The first-order valence-corrected chi connectivity index (χ1v) is 17.4. The fourth-order valence-electron chi connectivity index (χ4n) is 8.21. The van der Waals surface area contributed by atoms with E-state index in [1.165, 1.54) is 12.0 Å². The van der Waals surface area contributed by atoms with Gasteiger partial charge < -0.3 is 34.4 Å². The molecule has 3 amide bonds. The molecule has 2 fully saturated rings. The molecule has 4 aliphatic heterocycles. The predicted molar refractivity (Wildman–Crippen MR) is 186 cm³/mol. The lowest BCUT2D eigenvalue weighted by molar-refractivity contribution is -0.162. The van der Waals surface area contributed by atoms with Crippen LogP contribution in [0.3, 0.4) is 0 Å². The van der Waals surface area contributed by atoms with Crippen molar-refractivity contribution in [2.24, 2.45) is 17.8 Å². The molecule has 2 aromatic carbocycles. The van der Waals surface area contributed by atoms with E-state index in [-0.39, 0.29) is 43.9 Å². The number of carbonyl (C=O) groups excluding carboxylic acids is 4. The van der Waals surface area contributed by atoms with Crippen LogP contribution in [0.1, 0.15) is 49.5 Å². The Morgan fingerprint density at radius 2 is 1.72 bits per heavy atom. The van der Waals surface area contributed by atoms with Gasteiger partial charge in [0.1, 0.15) is 23.7 Å². The highest BCUT2D eigenvalue weighted by atomic mass is 16.6. The molecule has 0 aromatic heterocycles. The number of para-hydroxylation sites is 1. The number of likely N-dealkylation sites (tertiary alicyclic amines) is 1. The number of esters is 1. The minimum absolute atomic E-state index is 0.0624. The number of amides is 3. The number of hydrogen-bond acceptors (Lipinski definition) is 8. The third-order valence-electron chi connectivity index (χ3n) is 10.5. The van der Waals surface area contributed by atoms with E-state index in [1.54, 1.807) is 17.1 Å². The number of fused-ring (bicyclic) bond motifs is 2. The third-order valence-corrected chi connectivity index (χ3v) is 10.5. The van der Waals surface area contributed by atoms with Gasteiger partial charge in [-0.3, -0.25) is 19.2 Å². The Bertz CT molecular complexity index is 1650. The van der Waals surface area contributed by atoms with Gasteiger partial charge in [-0.1, -0.05) is 86.7 Å². The Hall–Kier alpha value is -4.32. The molecule has 0 unspecified atom stereocenters. The maximum absolute atomic E-state index is 15.2. The van der Waals surface area contributed by atoms with Crippen molar-refractivity contribution in [1.29, 1.82) is 0 Å². The van der Waals surface area contributed by atoms with Crippen LogP contribution in [-0.4, -0.2) is 90.4 Å². The number of aliphatic hydroxyl groups excluding tert-OH is 1. The number of carbonyl (C=O) groups is 4. The first-order valence-electron chi connectivity index (χ1n) is 17.4. The highest BCUT2D eigenvalue weighted by molar-refractivity contribution is 6.06. The van der Waals surface area contributed by atoms with Gasteiger partial charge in [-0.2, -0.15) is 0 Å². The Morgan fingerprint density at radius 3 is 2.38 bits per heavy atom. The molecule has 4 aliphatic rings. The van der Waals surface area contributed by atoms with Gasteiger partial charge in [0, 0.05) is 25.8 Å². The van der Waals surface area contributed by atoms with Crippen LogP contribution in [0, 0.1) is 31.6 Å². The monoisotopic (exact) mass is 685 g/mol. The maximum Gasteiger partial charge on any atom is 0.313 e. The molecule has 0 radical (unpaired) electrons. The minimum atomic E-state index is -1.47. The second-order valence-corrected chi connectivity index (χ2v) is 14.0. The van der Waals surface area contributed by atoms with Gasteiger partial charge in [-0.25, -0.2) is 0 Å². The van der Waals surface area contributed by atoms with Crippen molar-refractivity contribution in [3.05, 3.63) is 89.5 Å². The van der Waals surface area contributed by atoms with Crippen molar-refractivity contribution in [2.75, 3.05) is 31.8 Å². The number of nitrogens with zero attached hydrogens (tertiary/aromatic N) is 2. The Kier molecular flexibility index (Phi) is 10.3. The zero-order valence-corrected chi connectivity index (χ0v) is 29.3. The molecule has 8 atom stereocenters. The van der Waals surface area contributed by atoms with Crippen LogP contribution >= 0.6 is 0 Å². The standard InChI is InChI=1S/C39H47N3O8/c1-23(2)28(21-43)42-35-37(46)41(33-24(3)13-12-14-25(33)4)20-11-7-10-17-30(44)40-27(22-48-5)34(26-15-8-6-9-16-26)49-38(47)31-29-18-19-39(35,50-29)32(31)36(42)45/h6-9,11-16,18-19,23,27-29,31-32,34-35,43H,10,17,20-22H2,1-5H3,(H,40,44)/b11-7-/t27-,28+,29+,31-,32-,34-,35+,39-/m1/s1. The highest BCUT2D eigenvalue weighted by Crippen LogP contribution is 2.57. The quantitative estimate of drug-likeness (QED) is 0.334. The normalized spacial score (nSPS) is 31.2. The van der Waals surface area contributed by atoms with Gasteiger partial charge in [-0.05, 0) is 42.9 Å². The fraction of sp³-hybridized carbons (Fsp3) is 0.487. The molecule has 4 heterocycles. The summed E-state index contributed by atoms with van der Waals surface area (Å²) in [6, 6.07) is 12.3. The van der Waals surface area contributed by atoms with Crippen LogP contribution in [0.25, 0.3) is 0 Å². The summed E-state index contributed by atoms with van der Waals surface area (Å²) in [5, 5.41) is 13.7. The van der Waals surface area contributed by atoms with Crippen LogP contribution in [0.15, 0.2) is 72.8 Å². The van der Waals surface area contributed by atoms with E-state index >= 15 is 4.79 Å². The molecule has 0 saturated carbocycles. The first kappa shape index (κ1) is 35.5. The number of rotatable bonds is 7. The van der Waals surface area contributed by atoms with Crippen LogP contribution in [0.2, 0.25) is 0 Å². The number of allylic oxidation sites excluding steroid dienone is 1. The molecular weight excluding hydrogens is 638 g/mol. The topological polar surface area (TPSA) is 135 Å². The number of aliphatic hydroxyl groups is 1. The number of ether oxygens (including phenoxy) is 3. The molecule has 2 aromatic rings. The summed E-state index contributed by atoms with van der Waals surface area (Å²) in [7, 11) is 1.51. The Balaban J connectivity index is 1.51. The zero-order chi connectivity index (χ0) is 35.7. The Morgan fingerprint density at radius 1 is 1.00 bits per heavy atom. The van der Waals surface area contributed by atoms with Crippen molar-refractivity contribution < 1.29 is 38.5 Å². The average molecular weight is 686 g/mol. The van der Waals surface area contributed by atoms with E-state index in [0.29, 0.717) is 17.7 Å². The summed E-state index contributed by atoms with van der Waals surface area (Å²) in [6.45, 7) is 7.49. The van der Waals surface area contributed by atoms with Crippen molar-refractivity contribution >= 4 is 29.4 Å². The lowest BCUT2D eigenvalue weighted by Gasteiger charge is -2.40. The predicted octanol–water partition coefficient (Wildman–Crippen LogP) is 3.57. The summed E-state index contributed by atoms with van der Waals surface area (Å²) < 4.78 is 18.4. The number of hydrogen-bond donors (Lipinski definition) is 2. The molecule has 0 aliphatic carbocycles. The molecule has 266 valence electrons. The van der Waals surface area contributed by atoms with Crippen LogP contribution in [-0.2, 0) is 33.4 Å². The molecule has 6 rings (SSSR count). The molecule has 5 bridgehead atoms. The van der Waals surface area contributed by atoms with Gasteiger partial charge in [0.25, 0.3) is 5.91 Å². The SMILES string of the molecule is COC[C@H]1NC(=O)CC/C=C\CN(c2c(C)cccc2C)C(=O)[C@@H]2N([C@@H](CO)C(C)C)C(=O)[C@H]3[C@H](C(=O)O[C@@H]1c1ccccc1)[C@@H]1C=C[C@]23O1. The zero-order valence-electron chi connectivity index (χ0n) is 29.3. The van der Waals surface area contributed by atoms with Gasteiger partial charge in [0.05, 0.1) is 37.3 Å². The van der Waals surface area contributed by atoms with Crippen molar-refractivity contribution in [3.8, 4) is 0 Å². The first-order chi connectivity index (χ1) is 24.0. The largest absolute Gasteiger partial charge is 0.455 e. The molecule has 2 N–H and O–H groups in total. The number of benzene rings is 2. The number of anilines is 1. The minimum Gasteiger partial charge on any atom is -0.455 e. The summed E-state index contributed by atoms with van der Waals surface area (Å²) >= 11 is 0. The number of methoxy groups -OCH3 is 1. The molecule has 50 heavy (non-hydrogen) atoms. The summed E-state index contributed by atoms with van der Waals surface area (Å²) in [5.74, 6) is -4.13. The van der Waals surface area contributed by atoms with E-state index in [4.69, 9.17) is 14.2 Å². The lowest BCUT2D eigenvalue weighted by atomic mass is 9.74. The van der Waals surface area contributed by atoms with Gasteiger partial charge in [-0.15, -0.1) is 0 Å². The van der Waals surface area contributed by atoms with E-state index < -0.39 is 59.6 Å². The van der Waals surface area contributed by atoms with E-state index in [1.807, 2.05) is 88.4 Å². The van der Waals surface area contributed by atoms with Gasteiger partial charge in [0.15, 0.2) is 0 Å². The number of nitrogens with one attached hydrogen (secondary N) is 1. The Labute approximate surface area is 293 Å². The second-order valence-electron chi connectivity index (χ2n) is 14.0. The lowest BCUT2D eigenvalue weighted by Crippen LogP contribution is -2.59. The van der Waals surface area contributed by atoms with Crippen LogP contribution < -0.4 is 10.2 Å². The fourth-order valence-corrected chi connectivity index (χ4v) is 8.21. The smallest absolute Gasteiger partial charge is 0.313 e. The van der Waals surface area contributed by atoms with E-state index in [0.717, 1.165) is 11.1 Å². The highest BCUT2D eigenvalue weighted by Gasteiger charge is 2.74. The summed E-state index contributed by atoms with van der Waals surface area (Å²) in [4.78, 5) is 60.9. The summed E-state index contributed by atoms with van der Waals surface area (Å²) in [5.41, 5.74) is 1.62. The average Bonchev–Trinajstić information content (AvgIpc) is 3.73. The van der Waals surface area contributed by atoms with Crippen molar-refractivity contribution in [3.63, 3.8) is 0 Å². The third kappa shape index (κ3) is 6.16. The van der Waals surface area contributed by atoms with E-state index in [9.17, 15) is 19.5 Å². The van der Waals surface area contributed by atoms with Crippen molar-refractivity contribution in [1.82, 2.24) is 10.2 Å². The maximum atomic E-state index is 15.2. The summed E-state index contributed by atoms with van der Waals surface area (Å²) in [6.07, 6.45) is 6.02. The van der Waals surface area contributed by atoms with Crippen LogP contribution in [0.5, 0.6) is 0 Å². The number of aryl methyl sites for hydroxylation is 2. The van der Waals surface area contributed by atoms with Crippen molar-refractivity contribution in [2.45, 2.75) is 76.5 Å². The van der Waals surface area contributed by atoms with E-state index in [2.05, 4.69) is 5.32 Å². The molecule has 11 heteroatoms. The van der Waals surface area contributed by atoms with Gasteiger partial charge >= 0.3 is 5.97 Å². The van der Waals surface area contributed by atoms with Gasteiger partial charge in [0.2, 0.25) is 11.8 Å². The molecule has 2 saturated heterocycles. The molecular formula is C39H47N3O8.